The van der Waals surface area contributed by atoms with Gasteiger partial charge in [-0.05, 0) is 37.0 Å². The standard InChI is InChI=1S/C26H26N2O/c1-3-19-10-9-13-21(17-16-19)27-25(20-11-5-4-6-12-20)26(29)23-18-28(2)24-15-8-7-14-22(23)24/h4-15,18,25H,3,16-17H2,1-2H3. The Bertz CT molecular complexity index is 1120. The van der Waals surface area contributed by atoms with Crippen molar-refractivity contribution in [2.24, 2.45) is 12.0 Å². The SMILES string of the molecule is CCC1=CC=CC(=NC(C(=O)c2cn(C)c3ccccc23)c2ccccc2)CC1. The molecule has 1 aliphatic rings. The topological polar surface area (TPSA) is 34.4 Å². The van der Waals surface area contributed by atoms with E-state index in [9.17, 15) is 4.79 Å². The predicted molar refractivity (Wildman–Crippen MR) is 121 cm³/mol. The number of nitrogens with zero attached hydrogens (tertiary/aromatic N) is 2. The number of carbonyl (C=O) groups excluding carboxylic acids is 1. The number of Topliss-reactive ketones (excluding diaryl/α,β-unsaturated/α-hetero) is 1. The first-order chi connectivity index (χ1) is 14.2. The number of aromatic nitrogens is 1. The van der Waals surface area contributed by atoms with Crippen LogP contribution in [-0.2, 0) is 7.05 Å². The molecule has 0 N–H and O–H groups in total. The lowest BCUT2D eigenvalue weighted by atomic mass is 9.97. The van der Waals surface area contributed by atoms with Crippen LogP contribution in [0, 0.1) is 0 Å². The van der Waals surface area contributed by atoms with Crippen molar-refractivity contribution in [3.05, 3.63) is 95.7 Å². The predicted octanol–water partition coefficient (Wildman–Crippen LogP) is 6.23. The highest BCUT2D eigenvalue weighted by Crippen LogP contribution is 2.29. The summed E-state index contributed by atoms with van der Waals surface area (Å²) >= 11 is 0. The van der Waals surface area contributed by atoms with Gasteiger partial charge in [-0.15, -0.1) is 0 Å². The Kier molecular flexibility index (Phi) is 5.57. The van der Waals surface area contributed by atoms with Crippen LogP contribution in [0.4, 0.5) is 0 Å². The van der Waals surface area contributed by atoms with Crippen molar-refractivity contribution in [3.8, 4) is 0 Å². The van der Waals surface area contributed by atoms with Crippen molar-refractivity contribution < 1.29 is 4.79 Å². The highest BCUT2D eigenvalue weighted by atomic mass is 16.1. The molecule has 2 aromatic carbocycles. The number of allylic oxidation sites excluding steroid dienone is 4. The van der Waals surface area contributed by atoms with Gasteiger partial charge < -0.3 is 4.57 Å². The zero-order chi connectivity index (χ0) is 20.2. The number of carbonyl (C=O) groups is 1. The van der Waals surface area contributed by atoms with Crippen molar-refractivity contribution in [2.75, 3.05) is 0 Å². The number of fused-ring (bicyclic) bond motifs is 1. The van der Waals surface area contributed by atoms with Gasteiger partial charge in [0.25, 0.3) is 0 Å². The van der Waals surface area contributed by atoms with Crippen molar-refractivity contribution in [2.45, 2.75) is 32.2 Å². The van der Waals surface area contributed by atoms with Crippen molar-refractivity contribution in [3.63, 3.8) is 0 Å². The number of hydrogen-bond donors (Lipinski definition) is 0. The Morgan fingerprint density at radius 1 is 1.07 bits per heavy atom. The summed E-state index contributed by atoms with van der Waals surface area (Å²) in [5, 5.41) is 0.979. The second-order valence-corrected chi connectivity index (χ2v) is 7.51. The summed E-state index contributed by atoms with van der Waals surface area (Å²) in [7, 11) is 1.98. The molecule has 0 radical (unpaired) electrons. The van der Waals surface area contributed by atoms with Gasteiger partial charge >= 0.3 is 0 Å². The third-order valence-corrected chi connectivity index (χ3v) is 5.60. The van der Waals surface area contributed by atoms with Gasteiger partial charge in [-0.3, -0.25) is 9.79 Å². The lowest BCUT2D eigenvalue weighted by molar-refractivity contribution is 0.0964. The molecule has 3 aromatic rings. The van der Waals surface area contributed by atoms with E-state index >= 15 is 0 Å². The highest BCUT2D eigenvalue weighted by molar-refractivity contribution is 6.12. The molecule has 146 valence electrons. The first kappa shape index (κ1) is 19.1. The summed E-state index contributed by atoms with van der Waals surface area (Å²) in [6.45, 7) is 2.18. The summed E-state index contributed by atoms with van der Waals surface area (Å²) in [5.41, 5.74) is 5.11. The van der Waals surface area contributed by atoms with Gasteiger partial charge in [-0.1, -0.05) is 73.2 Å². The monoisotopic (exact) mass is 382 g/mol. The fourth-order valence-electron chi connectivity index (χ4n) is 3.92. The molecule has 0 fully saturated rings. The van der Waals surface area contributed by atoms with Crippen LogP contribution in [0.15, 0.2) is 89.6 Å². The van der Waals surface area contributed by atoms with Crippen LogP contribution < -0.4 is 0 Å². The largest absolute Gasteiger partial charge is 0.350 e. The van der Waals surface area contributed by atoms with Crippen LogP contribution in [0.2, 0.25) is 0 Å². The molecule has 0 saturated heterocycles. The number of aryl methyl sites for hydroxylation is 1. The molecule has 0 spiro atoms. The molecule has 0 saturated carbocycles. The van der Waals surface area contributed by atoms with E-state index in [0.717, 1.165) is 47.0 Å². The van der Waals surface area contributed by atoms with E-state index in [1.54, 1.807) is 0 Å². The minimum Gasteiger partial charge on any atom is -0.350 e. The first-order valence-corrected chi connectivity index (χ1v) is 10.2. The molecule has 3 nitrogen and oxygen atoms in total. The van der Waals surface area contributed by atoms with E-state index in [1.165, 1.54) is 5.57 Å². The first-order valence-electron chi connectivity index (χ1n) is 10.2. The van der Waals surface area contributed by atoms with Gasteiger partial charge in [0.05, 0.1) is 0 Å². The molecule has 4 rings (SSSR count). The van der Waals surface area contributed by atoms with Crippen molar-refractivity contribution in [1.29, 1.82) is 0 Å². The average molecular weight is 383 g/mol. The molecule has 3 heteroatoms. The van der Waals surface area contributed by atoms with Gasteiger partial charge in [0.1, 0.15) is 6.04 Å². The molecule has 1 unspecified atom stereocenters. The van der Waals surface area contributed by atoms with Crippen LogP contribution in [0.3, 0.4) is 0 Å². The van der Waals surface area contributed by atoms with E-state index in [-0.39, 0.29) is 5.78 Å². The van der Waals surface area contributed by atoms with E-state index in [0.29, 0.717) is 0 Å². The van der Waals surface area contributed by atoms with E-state index in [4.69, 9.17) is 4.99 Å². The average Bonchev–Trinajstić information content (AvgIpc) is 2.94. The molecular formula is C26H26N2O. The summed E-state index contributed by atoms with van der Waals surface area (Å²) in [6, 6.07) is 17.4. The summed E-state index contributed by atoms with van der Waals surface area (Å²) in [5.74, 6) is 0.0434. The number of rotatable bonds is 5. The maximum Gasteiger partial charge on any atom is 0.193 e. The number of hydrogen-bond acceptors (Lipinski definition) is 2. The van der Waals surface area contributed by atoms with E-state index in [2.05, 4.69) is 25.2 Å². The van der Waals surface area contributed by atoms with Crippen molar-refractivity contribution >= 4 is 22.4 Å². The number of ketones is 1. The maximum atomic E-state index is 13.7. The Labute approximate surface area is 172 Å². The molecule has 1 aliphatic carbocycles. The molecule has 29 heavy (non-hydrogen) atoms. The van der Waals surface area contributed by atoms with E-state index in [1.807, 2.05) is 72.4 Å². The second kappa shape index (κ2) is 8.44. The summed E-state index contributed by atoms with van der Waals surface area (Å²) in [6.07, 6.45) is 11.1. The zero-order valence-electron chi connectivity index (χ0n) is 17.0. The van der Waals surface area contributed by atoms with Crippen LogP contribution in [0.25, 0.3) is 10.9 Å². The highest BCUT2D eigenvalue weighted by Gasteiger charge is 2.25. The Hall–Kier alpha value is -3.20. The Morgan fingerprint density at radius 3 is 2.62 bits per heavy atom. The maximum absolute atomic E-state index is 13.7. The smallest absolute Gasteiger partial charge is 0.193 e. The molecule has 0 bridgehead atoms. The number of para-hydroxylation sites is 1. The third kappa shape index (κ3) is 4.00. The van der Waals surface area contributed by atoms with Crippen LogP contribution in [0.1, 0.15) is 48.1 Å². The van der Waals surface area contributed by atoms with Gasteiger partial charge in [-0.2, -0.15) is 0 Å². The summed E-state index contributed by atoms with van der Waals surface area (Å²) in [4.78, 5) is 18.7. The van der Waals surface area contributed by atoms with Crippen molar-refractivity contribution in [1.82, 2.24) is 4.57 Å². The molecular weight excluding hydrogens is 356 g/mol. The Morgan fingerprint density at radius 2 is 1.83 bits per heavy atom. The van der Waals surface area contributed by atoms with Crippen LogP contribution >= 0.6 is 0 Å². The molecule has 0 amide bonds. The summed E-state index contributed by atoms with van der Waals surface area (Å²) < 4.78 is 2.01. The van der Waals surface area contributed by atoms with Crippen LogP contribution in [0.5, 0.6) is 0 Å². The van der Waals surface area contributed by atoms with Gasteiger partial charge in [-0.25, -0.2) is 0 Å². The minimum absolute atomic E-state index is 0.0434. The zero-order valence-corrected chi connectivity index (χ0v) is 17.0. The molecule has 1 aromatic heterocycles. The second-order valence-electron chi connectivity index (χ2n) is 7.51. The third-order valence-electron chi connectivity index (χ3n) is 5.60. The van der Waals surface area contributed by atoms with Crippen LogP contribution in [-0.4, -0.2) is 16.1 Å². The van der Waals surface area contributed by atoms with Gasteiger partial charge in [0.15, 0.2) is 5.78 Å². The Balaban J connectivity index is 1.75. The minimum atomic E-state index is -0.537. The normalized spacial score (nSPS) is 16.6. The fraction of sp³-hybridized carbons (Fsp3) is 0.231. The van der Waals surface area contributed by atoms with E-state index < -0.39 is 6.04 Å². The van der Waals surface area contributed by atoms with Gasteiger partial charge in [0.2, 0.25) is 0 Å². The quantitative estimate of drug-likeness (QED) is 0.482. The number of aliphatic imine (C=N–C) groups is 1. The fourth-order valence-corrected chi connectivity index (χ4v) is 3.92. The molecule has 0 aliphatic heterocycles. The molecule has 1 atom stereocenters. The lowest BCUT2D eigenvalue weighted by Crippen LogP contribution is -2.13. The number of benzene rings is 2. The lowest BCUT2D eigenvalue weighted by Gasteiger charge is -2.14. The molecule has 1 heterocycles. The van der Waals surface area contributed by atoms with Gasteiger partial charge in [0, 0.05) is 35.4 Å².